The minimum absolute atomic E-state index is 0.0170. The third-order valence-electron chi connectivity index (χ3n) is 23.5. The van der Waals surface area contributed by atoms with Crippen LogP contribution >= 0.6 is 45.3 Å². The van der Waals surface area contributed by atoms with Crippen molar-refractivity contribution >= 4 is 176 Å². The van der Waals surface area contributed by atoms with Crippen LogP contribution in [-0.4, -0.2) is 245 Å². The van der Waals surface area contributed by atoms with Crippen LogP contribution in [0, 0.1) is 0 Å². The Morgan fingerprint density at radius 1 is 0.189 bits per heavy atom. The van der Waals surface area contributed by atoms with E-state index in [4.69, 9.17) is 77.8 Å². The predicted octanol–water partition coefficient (Wildman–Crippen LogP) is 22.8. The largest absolute Gasteiger partial charge is 0.507 e. The summed E-state index contributed by atoms with van der Waals surface area (Å²) < 4.78 is 57.4. The van der Waals surface area contributed by atoms with Gasteiger partial charge in [0.25, 0.3) is 0 Å². The van der Waals surface area contributed by atoms with Crippen molar-refractivity contribution < 1.29 is 78.7 Å². The average Bonchev–Trinajstić information content (AvgIpc) is 1.63. The van der Waals surface area contributed by atoms with Gasteiger partial charge in [0.2, 0.25) is 0 Å². The molecule has 4 aromatic heterocycles. The van der Waals surface area contributed by atoms with Gasteiger partial charge in [-0.15, -0.1) is 45.3 Å². The molecule has 5 heterocycles. The summed E-state index contributed by atoms with van der Waals surface area (Å²) in [4.78, 5) is 41.2. The maximum Gasteiger partial charge on any atom is 0.125 e. The molecule has 0 fully saturated rings. The summed E-state index contributed by atoms with van der Waals surface area (Å²) in [5.41, 5.74) is 3.70. The minimum atomic E-state index is -0.602. The Balaban J connectivity index is 0.913. The molecule has 1 aliphatic rings. The molecule has 8 N–H and O–H groups in total. The fraction of sp³-hybridized carbons (Fsp3) is 0.462. The first-order valence-corrected chi connectivity index (χ1v) is 50.2. The van der Waals surface area contributed by atoms with Crippen molar-refractivity contribution in [3.63, 3.8) is 0 Å². The van der Waals surface area contributed by atoms with Crippen molar-refractivity contribution in [3.05, 3.63) is 142 Å². The Bertz CT molecular complexity index is 4990. The van der Waals surface area contributed by atoms with E-state index in [0.29, 0.717) is 97.4 Å². The number of nitrogens with zero attached hydrogens (tertiary/aromatic N) is 8. The maximum atomic E-state index is 11.9. The smallest absolute Gasteiger partial charge is 0.125 e. The quantitative estimate of drug-likeness (QED) is 0.0165. The van der Waals surface area contributed by atoms with E-state index in [1.54, 1.807) is 98.2 Å². The molecule has 704 valence electrons. The Labute approximate surface area is 788 Å². The second kappa shape index (κ2) is 50.4. The number of ether oxygens (including phenoxy) is 8. The summed E-state index contributed by atoms with van der Waals surface area (Å²) in [6.45, 7) is 22.3. The topological polar surface area (TPSA) is 335 Å². The van der Waals surface area contributed by atoms with Crippen LogP contribution in [0.2, 0.25) is 0 Å². The van der Waals surface area contributed by atoms with Gasteiger partial charge < -0.3 is 78.7 Å². The number of thiophene rings is 4. The third kappa shape index (κ3) is 26.4. The van der Waals surface area contributed by atoms with Gasteiger partial charge in [0.05, 0.1) is 101 Å². The molecular weight excluding hydrogens is 1750 g/mol. The summed E-state index contributed by atoms with van der Waals surface area (Å²) in [5.74, 6) is -0.136. The molecule has 8 aromatic carbocycles. The van der Waals surface area contributed by atoms with E-state index in [9.17, 15) is 40.9 Å². The summed E-state index contributed by atoms with van der Waals surface area (Å²) >= 11 is 6.01. The molecule has 0 radical (unpaired) electrons. The lowest BCUT2D eigenvalue weighted by Gasteiger charge is -2.21. The molecule has 132 heavy (non-hydrogen) atoms. The molecule has 12 aromatic rings. The molecule has 24 nitrogen and oxygen atoms in total. The van der Waals surface area contributed by atoms with Crippen LogP contribution < -0.4 is 0 Å². The summed E-state index contributed by atoms with van der Waals surface area (Å²) in [6.07, 6.45) is 27.3. The Hall–Kier alpha value is -9.92. The highest BCUT2D eigenvalue weighted by atomic mass is 32.1. The van der Waals surface area contributed by atoms with Crippen LogP contribution in [0.1, 0.15) is 203 Å². The molecule has 8 atom stereocenters. The van der Waals surface area contributed by atoms with Gasteiger partial charge in [-0.05, 0) is 148 Å². The fourth-order valence-corrected chi connectivity index (χ4v) is 20.0. The number of unbranched alkanes of at least 4 members (excludes halogenated alkanes) is 8. The Kier molecular flexibility index (Phi) is 38.0. The lowest BCUT2D eigenvalue weighted by Crippen LogP contribution is -2.32. The second-order valence-corrected chi connectivity index (χ2v) is 38.2. The predicted molar refractivity (Wildman–Crippen MR) is 548 cm³/mol. The standard InChI is InChI=1S/C104H128N8O16S4/c1-9-17-25-121-57-81-82(58-122-26-18-10-2)106-50-66-34-98-74(42-90(66)114)76-44-92(116)68(36-100(76)130-98)52-108-85(61-125-29-21-13-5)86(62-126-30-22-14-6)110-54-70-38-102-78(46-94(70)118)80-48-96(120)72(40-104(80)132-102)56-112-88(64-128-32-24-16-8)87(63-127-31-23-15-7)111-55-71-39-103-79(47-95(71)119)77-45-93(117)69(37-101(77)131-103)53-109-84(60-124-28-20-12-4)83(59-123-27-19-11-3)107-51-67-35-99-75(43-91(67)115)73-41-89(113)65(49-105-81)33-97(73)129-99/h33-56,81-88,113-120H,9-32,57-64H2,1-8H3. The highest BCUT2D eigenvalue weighted by Gasteiger charge is 2.28. The lowest BCUT2D eigenvalue weighted by atomic mass is 10.1. The number of aliphatic imine (C=N–C) groups is 8. The molecule has 0 saturated carbocycles. The monoisotopic (exact) mass is 1870 g/mol. The van der Waals surface area contributed by atoms with E-state index in [1.807, 2.05) is 48.5 Å². The van der Waals surface area contributed by atoms with Crippen LogP contribution in [0.25, 0.3) is 80.7 Å². The van der Waals surface area contributed by atoms with Gasteiger partial charge in [-0.2, -0.15) is 0 Å². The number of fused-ring (bicyclic) bond motifs is 12. The number of hydrogen-bond donors (Lipinski definition) is 8. The maximum absolute atomic E-state index is 11.9. The Morgan fingerprint density at radius 3 is 0.409 bits per heavy atom. The fourth-order valence-electron chi connectivity index (χ4n) is 15.4. The molecule has 16 bridgehead atoms. The van der Waals surface area contributed by atoms with Gasteiger partial charge in [0.1, 0.15) is 46.0 Å². The summed E-state index contributed by atoms with van der Waals surface area (Å²) in [7, 11) is 0. The van der Waals surface area contributed by atoms with Crippen molar-refractivity contribution in [1.82, 2.24) is 0 Å². The van der Waals surface area contributed by atoms with Crippen molar-refractivity contribution in [2.75, 3.05) is 106 Å². The molecular formula is C104H128N8O16S4. The average molecular weight is 1870 g/mol. The van der Waals surface area contributed by atoms with Crippen LogP contribution in [0.4, 0.5) is 0 Å². The lowest BCUT2D eigenvalue weighted by molar-refractivity contribution is 0.0796. The number of phenols is 8. The van der Waals surface area contributed by atoms with Crippen molar-refractivity contribution in [2.45, 2.75) is 206 Å². The highest BCUT2D eigenvalue weighted by Crippen LogP contribution is 2.45. The van der Waals surface area contributed by atoms with E-state index in [0.717, 1.165) is 183 Å². The number of rotatable bonds is 40. The molecule has 28 heteroatoms. The molecule has 0 aliphatic carbocycles. The molecule has 0 saturated heterocycles. The summed E-state index contributed by atoms with van der Waals surface area (Å²) in [6, 6.07) is 24.0. The summed E-state index contributed by atoms with van der Waals surface area (Å²) in [5, 5.41) is 101. The van der Waals surface area contributed by atoms with Gasteiger partial charge in [-0.25, -0.2) is 0 Å². The van der Waals surface area contributed by atoms with Gasteiger partial charge in [-0.3, -0.25) is 39.9 Å². The first-order chi connectivity index (χ1) is 64.4. The van der Waals surface area contributed by atoms with E-state index < -0.39 is 48.3 Å². The van der Waals surface area contributed by atoms with E-state index in [1.165, 1.54) is 45.3 Å². The minimum Gasteiger partial charge on any atom is -0.507 e. The molecule has 13 rings (SSSR count). The van der Waals surface area contributed by atoms with E-state index in [-0.39, 0.29) is 98.9 Å². The molecule has 0 spiro atoms. The van der Waals surface area contributed by atoms with Crippen molar-refractivity contribution in [2.24, 2.45) is 39.9 Å². The van der Waals surface area contributed by atoms with Crippen LogP contribution in [0.3, 0.4) is 0 Å². The first kappa shape index (κ1) is 99.6. The van der Waals surface area contributed by atoms with Crippen molar-refractivity contribution in [3.8, 4) is 46.0 Å². The van der Waals surface area contributed by atoms with Crippen LogP contribution in [0.15, 0.2) is 137 Å². The molecule has 1 aliphatic heterocycles. The van der Waals surface area contributed by atoms with Gasteiger partial charge >= 0.3 is 0 Å². The van der Waals surface area contributed by atoms with Crippen molar-refractivity contribution in [1.29, 1.82) is 0 Å². The van der Waals surface area contributed by atoms with E-state index >= 15 is 0 Å². The molecule has 0 amide bonds. The zero-order chi connectivity index (χ0) is 92.8. The number of phenolic OH excluding ortho intramolecular Hbond substituents is 8. The normalized spacial score (nSPS) is 18.0. The SMILES string of the molecule is CCCCOCC1N=Cc2cc3sc4cc(c(O)cc4c3cc2O)C=NC(COCCCC)C(COCCCC)N=Cc2cc3sc4cc(c(O)cc4c3cc2O)C=NC(COCCCC)C(COCCCC)N=Cc2cc3sc4cc(c(O)cc4c3cc2O)C=NC(COCCCC)C(COCCCC)N=Cc2cc3sc4cc(c(O)cc4c3cc2O)C=NC1COCCCC. The highest BCUT2D eigenvalue weighted by molar-refractivity contribution is 7.27. The second-order valence-electron chi connectivity index (χ2n) is 33.9. The third-order valence-corrected chi connectivity index (χ3v) is 28.0. The number of benzene rings is 8. The number of aromatic hydroxyl groups is 8. The van der Waals surface area contributed by atoms with Gasteiger partial charge in [0, 0.05) is 228 Å². The van der Waals surface area contributed by atoms with Crippen LogP contribution in [-0.2, 0) is 37.9 Å². The van der Waals surface area contributed by atoms with Gasteiger partial charge in [0.15, 0.2) is 0 Å². The van der Waals surface area contributed by atoms with E-state index in [2.05, 4.69) is 55.4 Å². The molecule has 8 unspecified atom stereocenters. The van der Waals surface area contributed by atoms with Crippen LogP contribution in [0.5, 0.6) is 46.0 Å². The zero-order valence-corrected chi connectivity index (χ0v) is 80.4. The van der Waals surface area contributed by atoms with Gasteiger partial charge in [-0.1, -0.05) is 107 Å². The number of hydrogen-bond acceptors (Lipinski definition) is 28. The Morgan fingerprint density at radius 2 is 0.303 bits per heavy atom. The first-order valence-electron chi connectivity index (χ1n) is 47.0. The zero-order valence-electron chi connectivity index (χ0n) is 77.2.